The zero-order valence-corrected chi connectivity index (χ0v) is 10.3. The SMILES string of the molecule is O=C(O)CCCCCCCCc1cccnc1. The van der Waals surface area contributed by atoms with Gasteiger partial charge >= 0.3 is 5.97 Å². The Morgan fingerprint density at radius 3 is 2.47 bits per heavy atom. The van der Waals surface area contributed by atoms with Gasteiger partial charge in [-0.25, -0.2) is 0 Å². The molecule has 94 valence electrons. The van der Waals surface area contributed by atoms with Gasteiger partial charge in [0, 0.05) is 18.8 Å². The van der Waals surface area contributed by atoms with Crippen LogP contribution < -0.4 is 0 Å². The van der Waals surface area contributed by atoms with E-state index in [1.807, 2.05) is 12.3 Å². The zero-order valence-electron chi connectivity index (χ0n) is 10.3. The Kier molecular flexibility index (Phi) is 7.03. The van der Waals surface area contributed by atoms with Gasteiger partial charge in [-0.1, -0.05) is 31.7 Å². The van der Waals surface area contributed by atoms with E-state index in [9.17, 15) is 4.79 Å². The van der Waals surface area contributed by atoms with Crippen LogP contribution in [0.15, 0.2) is 24.5 Å². The summed E-state index contributed by atoms with van der Waals surface area (Å²) in [5, 5.41) is 8.47. The maximum absolute atomic E-state index is 10.3. The molecule has 0 atom stereocenters. The molecule has 0 spiro atoms. The fourth-order valence-electron chi connectivity index (χ4n) is 1.86. The van der Waals surface area contributed by atoms with Crippen LogP contribution in [0.3, 0.4) is 0 Å². The molecule has 0 bridgehead atoms. The van der Waals surface area contributed by atoms with Crippen LogP contribution in [-0.4, -0.2) is 16.1 Å². The summed E-state index contributed by atoms with van der Waals surface area (Å²) in [5.41, 5.74) is 1.30. The molecular weight excluding hydrogens is 214 g/mol. The molecule has 1 N–H and O–H groups in total. The van der Waals surface area contributed by atoms with Gasteiger partial charge in [0.1, 0.15) is 0 Å². The summed E-state index contributed by atoms with van der Waals surface area (Å²) in [4.78, 5) is 14.4. The van der Waals surface area contributed by atoms with Crippen LogP contribution in [0.1, 0.15) is 50.5 Å². The second kappa shape index (κ2) is 8.74. The Morgan fingerprint density at radius 2 is 1.82 bits per heavy atom. The van der Waals surface area contributed by atoms with Crippen molar-refractivity contribution in [2.45, 2.75) is 51.4 Å². The van der Waals surface area contributed by atoms with Gasteiger partial charge in [0.2, 0.25) is 0 Å². The van der Waals surface area contributed by atoms with E-state index in [4.69, 9.17) is 5.11 Å². The molecule has 0 aliphatic rings. The highest BCUT2D eigenvalue weighted by Crippen LogP contribution is 2.09. The number of carboxylic acid groups (broad SMARTS) is 1. The Morgan fingerprint density at radius 1 is 1.12 bits per heavy atom. The summed E-state index contributed by atoms with van der Waals surface area (Å²) >= 11 is 0. The van der Waals surface area contributed by atoms with Gasteiger partial charge < -0.3 is 5.11 Å². The smallest absolute Gasteiger partial charge is 0.303 e. The number of aryl methyl sites for hydroxylation is 1. The van der Waals surface area contributed by atoms with E-state index in [0.717, 1.165) is 25.7 Å². The van der Waals surface area contributed by atoms with Crippen molar-refractivity contribution < 1.29 is 9.90 Å². The molecular formula is C14H21NO2. The molecule has 3 nitrogen and oxygen atoms in total. The van der Waals surface area contributed by atoms with Crippen LogP contribution >= 0.6 is 0 Å². The molecule has 1 aromatic heterocycles. The molecule has 0 fully saturated rings. The van der Waals surface area contributed by atoms with E-state index >= 15 is 0 Å². The number of carboxylic acids is 1. The number of aromatic nitrogens is 1. The normalized spacial score (nSPS) is 10.4. The fourth-order valence-corrected chi connectivity index (χ4v) is 1.86. The van der Waals surface area contributed by atoms with Gasteiger partial charge in [0.05, 0.1) is 0 Å². The summed E-state index contributed by atoms with van der Waals surface area (Å²) in [6, 6.07) is 4.08. The van der Waals surface area contributed by atoms with Gasteiger partial charge in [0.15, 0.2) is 0 Å². The minimum Gasteiger partial charge on any atom is -0.481 e. The summed E-state index contributed by atoms with van der Waals surface area (Å²) in [5.74, 6) is -0.679. The largest absolute Gasteiger partial charge is 0.481 e. The predicted molar refractivity (Wildman–Crippen MR) is 67.9 cm³/mol. The number of nitrogens with zero attached hydrogens (tertiary/aromatic N) is 1. The van der Waals surface area contributed by atoms with E-state index < -0.39 is 5.97 Å². The van der Waals surface area contributed by atoms with Crippen molar-refractivity contribution in [3.8, 4) is 0 Å². The van der Waals surface area contributed by atoms with Gasteiger partial charge in [-0.2, -0.15) is 0 Å². The van der Waals surface area contributed by atoms with Crippen LogP contribution in [0, 0.1) is 0 Å². The van der Waals surface area contributed by atoms with Crippen molar-refractivity contribution in [2.75, 3.05) is 0 Å². The minimum absolute atomic E-state index is 0.315. The van der Waals surface area contributed by atoms with Crippen molar-refractivity contribution in [1.29, 1.82) is 0 Å². The van der Waals surface area contributed by atoms with Crippen molar-refractivity contribution in [3.63, 3.8) is 0 Å². The van der Waals surface area contributed by atoms with E-state index in [1.165, 1.54) is 24.8 Å². The van der Waals surface area contributed by atoms with Crippen molar-refractivity contribution in [2.24, 2.45) is 0 Å². The van der Waals surface area contributed by atoms with Crippen LogP contribution in [0.2, 0.25) is 0 Å². The van der Waals surface area contributed by atoms with E-state index in [0.29, 0.717) is 6.42 Å². The summed E-state index contributed by atoms with van der Waals surface area (Å²) in [6.45, 7) is 0. The Bertz CT molecular complexity index is 311. The number of unbranched alkanes of at least 4 members (excludes halogenated alkanes) is 5. The number of hydrogen-bond acceptors (Lipinski definition) is 2. The number of aliphatic carboxylic acids is 1. The highest BCUT2D eigenvalue weighted by Gasteiger charge is 1.97. The molecule has 0 aromatic carbocycles. The standard InChI is InChI=1S/C14H21NO2/c16-14(17)10-6-4-2-1-3-5-8-13-9-7-11-15-12-13/h7,9,11-12H,1-6,8,10H2,(H,16,17). The minimum atomic E-state index is -0.679. The first-order chi connectivity index (χ1) is 8.29. The Balaban J connectivity index is 1.90. The molecule has 1 rings (SSSR count). The van der Waals surface area contributed by atoms with Crippen molar-refractivity contribution >= 4 is 5.97 Å². The lowest BCUT2D eigenvalue weighted by Crippen LogP contribution is -1.93. The van der Waals surface area contributed by atoms with E-state index in [2.05, 4.69) is 11.1 Å². The summed E-state index contributed by atoms with van der Waals surface area (Å²) < 4.78 is 0. The lowest BCUT2D eigenvalue weighted by atomic mass is 10.1. The van der Waals surface area contributed by atoms with Crippen LogP contribution in [0.5, 0.6) is 0 Å². The first-order valence-corrected chi connectivity index (χ1v) is 6.40. The summed E-state index contributed by atoms with van der Waals surface area (Å²) in [6.07, 6.45) is 11.8. The van der Waals surface area contributed by atoms with Gasteiger partial charge in [0.25, 0.3) is 0 Å². The molecule has 3 heteroatoms. The fraction of sp³-hybridized carbons (Fsp3) is 0.571. The molecule has 0 radical (unpaired) electrons. The number of carbonyl (C=O) groups is 1. The zero-order chi connectivity index (χ0) is 12.3. The second-order valence-electron chi connectivity index (χ2n) is 4.38. The van der Waals surface area contributed by atoms with E-state index in [1.54, 1.807) is 6.20 Å². The van der Waals surface area contributed by atoms with E-state index in [-0.39, 0.29) is 0 Å². The molecule has 17 heavy (non-hydrogen) atoms. The Labute approximate surface area is 103 Å². The van der Waals surface area contributed by atoms with Crippen molar-refractivity contribution in [3.05, 3.63) is 30.1 Å². The monoisotopic (exact) mass is 235 g/mol. The quantitative estimate of drug-likeness (QED) is 0.667. The van der Waals surface area contributed by atoms with Gasteiger partial charge in [-0.3, -0.25) is 9.78 Å². The van der Waals surface area contributed by atoms with Gasteiger partial charge in [-0.05, 0) is 30.9 Å². The maximum Gasteiger partial charge on any atom is 0.303 e. The lowest BCUT2D eigenvalue weighted by molar-refractivity contribution is -0.137. The average Bonchev–Trinajstić information content (AvgIpc) is 2.33. The first kappa shape index (κ1) is 13.7. The molecule has 0 saturated carbocycles. The third-order valence-electron chi connectivity index (χ3n) is 2.83. The molecule has 0 aliphatic carbocycles. The molecule has 1 heterocycles. The molecule has 0 unspecified atom stereocenters. The highest BCUT2D eigenvalue weighted by atomic mass is 16.4. The first-order valence-electron chi connectivity index (χ1n) is 6.40. The van der Waals surface area contributed by atoms with Crippen LogP contribution in [-0.2, 0) is 11.2 Å². The van der Waals surface area contributed by atoms with Crippen LogP contribution in [0.25, 0.3) is 0 Å². The molecule has 0 saturated heterocycles. The Hall–Kier alpha value is -1.38. The molecule has 0 aliphatic heterocycles. The second-order valence-corrected chi connectivity index (χ2v) is 4.38. The highest BCUT2D eigenvalue weighted by molar-refractivity contribution is 5.66. The van der Waals surface area contributed by atoms with Crippen LogP contribution in [0.4, 0.5) is 0 Å². The van der Waals surface area contributed by atoms with Crippen molar-refractivity contribution in [1.82, 2.24) is 4.98 Å². The third-order valence-corrected chi connectivity index (χ3v) is 2.83. The molecule has 0 amide bonds. The number of pyridine rings is 1. The lowest BCUT2D eigenvalue weighted by Gasteiger charge is -2.01. The third kappa shape index (κ3) is 7.50. The predicted octanol–water partition coefficient (Wildman–Crippen LogP) is 3.44. The average molecular weight is 235 g/mol. The number of rotatable bonds is 9. The molecule has 1 aromatic rings. The number of hydrogen-bond donors (Lipinski definition) is 1. The maximum atomic E-state index is 10.3. The van der Waals surface area contributed by atoms with Gasteiger partial charge in [-0.15, -0.1) is 0 Å². The summed E-state index contributed by atoms with van der Waals surface area (Å²) in [7, 11) is 0. The topological polar surface area (TPSA) is 50.2 Å².